The molecular weight excluding hydrogens is 612 g/mol. The normalized spacial score (nSPS) is 24.7. The van der Waals surface area contributed by atoms with Crippen molar-refractivity contribution in [1.29, 1.82) is 0 Å². The Hall–Kier alpha value is -3.93. The minimum absolute atomic E-state index is 0.00210. The van der Waals surface area contributed by atoms with E-state index in [0.29, 0.717) is 19.3 Å². The van der Waals surface area contributed by atoms with E-state index < -0.39 is 39.0 Å². The predicted octanol–water partition coefficient (Wildman–Crippen LogP) is 10.8. The van der Waals surface area contributed by atoms with Crippen LogP contribution in [-0.4, -0.2) is 21.8 Å². The quantitative estimate of drug-likeness (QED) is 0.132. The fourth-order valence-corrected chi connectivity index (χ4v) is 8.16. The van der Waals surface area contributed by atoms with Crippen LogP contribution in [0.2, 0.25) is 0 Å². The lowest BCUT2D eigenvalue weighted by molar-refractivity contribution is -0.153. The second-order valence-corrected chi connectivity index (χ2v) is 15.8. The van der Waals surface area contributed by atoms with Crippen LogP contribution in [0.25, 0.3) is 11.0 Å². The summed E-state index contributed by atoms with van der Waals surface area (Å²) in [6.07, 6.45) is 15.5. The maximum Gasteiger partial charge on any atom is 0.204 e. The Bertz CT molecular complexity index is 1850. The van der Waals surface area contributed by atoms with Crippen LogP contribution >= 0.6 is 0 Å². The first kappa shape index (κ1) is 37.9. The molecule has 2 aliphatic carbocycles. The van der Waals surface area contributed by atoms with Crippen LogP contribution in [0, 0.1) is 16.7 Å². The molecule has 49 heavy (non-hydrogen) atoms. The second-order valence-electron chi connectivity index (χ2n) is 15.8. The summed E-state index contributed by atoms with van der Waals surface area (Å²) in [5.41, 5.74) is 1.60. The molecule has 6 heteroatoms. The van der Waals surface area contributed by atoms with E-state index in [1.54, 1.807) is 0 Å². The van der Waals surface area contributed by atoms with Gasteiger partial charge in [-0.15, -0.1) is 0 Å². The Labute approximate surface area is 292 Å². The molecule has 1 heterocycles. The standard InChI is InChI=1S/C43H56O6/c1-26(2)13-11-15-30(9)16-17-31-25-42(21-18-28(5)6)38(47)36-37(46)32-23-33(44)34(45)24-35(32)49-39(36)43(40(42)48,22-19-29(7)8)41(31,10)20-12-14-27(3)4/h13-14,16,18-19,23-24,31,44-45H,11-12,15,17,20-22,25H2,1-10H3/b30-16+/t31-,41+,42+,43-/m1/s1. The summed E-state index contributed by atoms with van der Waals surface area (Å²) in [7, 11) is 0. The van der Waals surface area contributed by atoms with Crippen LogP contribution < -0.4 is 5.43 Å². The van der Waals surface area contributed by atoms with Crippen molar-refractivity contribution in [3.8, 4) is 11.5 Å². The third-order valence-corrected chi connectivity index (χ3v) is 11.1. The molecular formula is C43H56O6. The van der Waals surface area contributed by atoms with E-state index in [1.165, 1.54) is 22.8 Å². The number of rotatable bonds is 12. The van der Waals surface area contributed by atoms with Gasteiger partial charge < -0.3 is 14.6 Å². The van der Waals surface area contributed by atoms with Gasteiger partial charge in [0.15, 0.2) is 23.1 Å². The van der Waals surface area contributed by atoms with Gasteiger partial charge in [-0.3, -0.25) is 14.4 Å². The zero-order chi connectivity index (χ0) is 36.5. The molecule has 1 saturated carbocycles. The summed E-state index contributed by atoms with van der Waals surface area (Å²) < 4.78 is 6.61. The van der Waals surface area contributed by atoms with Gasteiger partial charge in [-0.05, 0) is 131 Å². The van der Waals surface area contributed by atoms with E-state index in [-0.39, 0.29) is 46.8 Å². The van der Waals surface area contributed by atoms with Gasteiger partial charge in [-0.1, -0.05) is 65.2 Å². The largest absolute Gasteiger partial charge is 0.504 e. The minimum atomic E-state index is -1.45. The number of ketones is 2. The van der Waals surface area contributed by atoms with Crippen LogP contribution in [0.1, 0.15) is 137 Å². The first-order valence-electron chi connectivity index (χ1n) is 17.7. The Balaban J connectivity index is 2.14. The zero-order valence-electron chi connectivity index (χ0n) is 31.3. The number of fused-ring (bicyclic) bond motifs is 5. The van der Waals surface area contributed by atoms with Crippen molar-refractivity contribution in [1.82, 2.24) is 0 Å². The molecule has 4 atom stereocenters. The van der Waals surface area contributed by atoms with Gasteiger partial charge >= 0.3 is 0 Å². The van der Waals surface area contributed by atoms with Crippen LogP contribution in [0.5, 0.6) is 11.5 Å². The van der Waals surface area contributed by atoms with Gasteiger partial charge in [0.05, 0.1) is 16.2 Å². The number of aromatic hydroxyl groups is 2. The van der Waals surface area contributed by atoms with E-state index in [2.05, 4.69) is 59.8 Å². The topological polar surface area (TPSA) is 105 Å². The van der Waals surface area contributed by atoms with Gasteiger partial charge in [-0.2, -0.15) is 0 Å². The summed E-state index contributed by atoms with van der Waals surface area (Å²) in [6.45, 7) is 20.6. The monoisotopic (exact) mass is 668 g/mol. The summed E-state index contributed by atoms with van der Waals surface area (Å²) >= 11 is 0. The molecule has 0 aliphatic heterocycles. The smallest absolute Gasteiger partial charge is 0.204 e. The van der Waals surface area contributed by atoms with E-state index in [4.69, 9.17) is 4.42 Å². The Kier molecular flexibility index (Phi) is 11.2. The Morgan fingerprint density at radius 1 is 0.796 bits per heavy atom. The highest BCUT2D eigenvalue weighted by Gasteiger charge is 2.73. The van der Waals surface area contributed by atoms with Crippen molar-refractivity contribution >= 4 is 22.5 Å². The molecule has 1 aromatic heterocycles. The second kappa shape index (κ2) is 14.5. The van der Waals surface area contributed by atoms with E-state index in [1.807, 2.05) is 39.8 Å². The Morgan fingerprint density at radius 3 is 1.98 bits per heavy atom. The lowest BCUT2D eigenvalue weighted by atomic mass is 9.38. The maximum absolute atomic E-state index is 15.7. The van der Waals surface area contributed by atoms with Gasteiger partial charge in [0.25, 0.3) is 0 Å². The Morgan fingerprint density at radius 2 is 1.37 bits per heavy atom. The van der Waals surface area contributed by atoms with E-state index in [9.17, 15) is 15.0 Å². The summed E-state index contributed by atoms with van der Waals surface area (Å²) in [5.74, 6) is -1.58. The average molecular weight is 669 g/mol. The summed E-state index contributed by atoms with van der Waals surface area (Å²) in [4.78, 5) is 45.1. The number of carbonyl (C=O) groups excluding carboxylic acids is 2. The molecule has 2 aromatic rings. The highest BCUT2D eigenvalue weighted by Crippen LogP contribution is 2.67. The first-order chi connectivity index (χ1) is 22.9. The number of allylic oxidation sites excluding steroid dienone is 10. The highest BCUT2D eigenvalue weighted by atomic mass is 16.3. The number of phenolic OH excluding ortho intramolecular Hbond substituents is 2. The van der Waals surface area contributed by atoms with Crippen molar-refractivity contribution < 1.29 is 24.2 Å². The van der Waals surface area contributed by atoms with E-state index >= 15 is 9.59 Å². The van der Waals surface area contributed by atoms with Crippen molar-refractivity contribution in [2.24, 2.45) is 16.7 Å². The summed E-state index contributed by atoms with van der Waals surface area (Å²) in [6, 6.07) is 2.36. The molecule has 0 saturated heterocycles. The third-order valence-electron chi connectivity index (χ3n) is 11.1. The molecule has 6 nitrogen and oxygen atoms in total. The molecule has 4 rings (SSSR count). The molecule has 264 valence electrons. The third kappa shape index (κ3) is 6.93. The minimum Gasteiger partial charge on any atom is -0.504 e. The maximum atomic E-state index is 15.7. The van der Waals surface area contributed by atoms with Crippen molar-refractivity contribution in [2.75, 3.05) is 0 Å². The fraction of sp³-hybridized carbons (Fsp3) is 0.512. The van der Waals surface area contributed by atoms with Crippen molar-refractivity contribution in [3.05, 3.63) is 91.9 Å². The van der Waals surface area contributed by atoms with Gasteiger partial charge in [0.1, 0.15) is 16.9 Å². The van der Waals surface area contributed by atoms with Crippen LogP contribution in [0.3, 0.4) is 0 Å². The molecule has 1 aromatic carbocycles. The predicted molar refractivity (Wildman–Crippen MR) is 199 cm³/mol. The lowest BCUT2D eigenvalue weighted by Gasteiger charge is -2.61. The lowest BCUT2D eigenvalue weighted by Crippen LogP contribution is -2.68. The molecule has 0 spiro atoms. The number of carbonyl (C=O) groups is 2. The van der Waals surface area contributed by atoms with Crippen molar-refractivity contribution in [3.63, 3.8) is 0 Å². The molecule has 0 unspecified atom stereocenters. The van der Waals surface area contributed by atoms with Gasteiger partial charge in [-0.25, -0.2) is 0 Å². The number of hydrogen-bond donors (Lipinski definition) is 2. The molecule has 2 N–H and O–H groups in total. The van der Waals surface area contributed by atoms with Crippen LogP contribution in [0.4, 0.5) is 0 Å². The molecule has 2 aliphatic rings. The number of Topliss-reactive ketones (excluding diaryl/α,β-unsaturated/α-hetero) is 2. The fourth-order valence-electron chi connectivity index (χ4n) is 8.16. The van der Waals surface area contributed by atoms with Gasteiger partial charge in [0.2, 0.25) is 5.43 Å². The molecule has 2 bridgehead atoms. The molecule has 1 fully saturated rings. The first-order valence-corrected chi connectivity index (χ1v) is 17.7. The SMILES string of the molecule is CC(C)=CCC/C(C)=C/C[C@@H]1C[C@@]2(CC=C(C)C)C(=O)c3c(oc4cc(O)c(O)cc4c3=O)[C@](CC=C(C)C)(C2=O)[C@@]1(C)CCC=C(C)C. The van der Waals surface area contributed by atoms with Crippen LogP contribution in [0.15, 0.2) is 79.6 Å². The number of hydrogen-bond acceptors (Lipinski definition) is 6. The highest BCUT2D eigenvalue weighted by molar-refractivity contribution is 6.23. The van der Waals surface area contributed by atoms with Gasteiger partial charge in [0, 0.05) is 6.07 Å². The average Bonchev–Trinajstić information content (AvgIpc) is 3.00. The zero-order valence-corrected chi connectivity index (χ0v) is 31.3. The number of benzene rings is 1. The molecule has 0 amide bonds. The van der Waals surface area contributed by atoms with Crippen molar-refractivity contribution in [2.45, 2.75) is 126 Å². The van der Waals surface area contributed by atoms with E-state index in [0.717, 1.165) is 36.5 Å². The molecule has 0 radical (unpaired) electrons. The summed E-state index contributed by atoms with van der Waals surface area (Å²) in [5, 5.41) is 20.8. The number of phenols is 2. The van der Waals surface area contributed by atoms with Crippen LogP contribution in [-0.2, 0) is 10.2 Å².